The molecule has 0 radical (unpaired) electrons. The molecule has 1 aromatic carbocycles. The summed E-state index contributed by atoms with van der Waals surface area (Å²) in [5.41, 5.74) is 0.0712. The van der Waals surface area contributed by atoms with Crippen molar-refractivity contribution < 1.29 is 42.5 Å². The van der Waals surface area contributed by atoms with Crippen LogP contribution < -0.4 is 0 Å². The fraction of sp³-hybridized carbons (Fsp3) is 0.591. The molecule has 31 heavy (non-hydrogen) atoms. The average Bonchev–Trinajstić information content (AvgIpc) is 3.45. The first-order chi connectivity index (χ1) is 14.8. The molecule has 3 saturated carbocycles. The Morgan fingerprint density at radius 2 is 1.55 bits per heavy atom. The van der Waals surface area contributed by atoms with E-state index in [0.717, 1.165) is 24.2 Å². The maximum atomic E-state index is 13.0. The number of ether oxygens (including phenoxy) is 3. The maximum Gasteiger partial charge on any atom is 0.378 e. The van der Waals surface area contributed by atoms with Crippen LogP contribution in [0.1, 0.15) is 52.8 Å². The fourth-order valence-corrected chi connectivity index (χ4v) is 5.50. The number of alkyl halides is 2. The van der Waals surface area contributed by atoms with Crippen molar-refractivity contribution >= 4 is 17.9 Å². The van der Waals surface area contributed by atoms with Crippen molar-refractivity contribution in [2.24, 2.45) is 23.7 Å². The molecule has 5 unspecified atom stereocenters. The molecular formula is C22H24F2O7. The fourth-order valence-electron chi connectivity index (χ4n) is 5.50. The zero-order valence-electron chi connectivity index (χ0n) is 16.8. The van der Waals surface area contributed by atoms with Gasteiger partial charge in [0.05, 0.1) is 17.2 Å². The summed E-state index contributed by atoms with van der Waals surface area (Å²) in [5.74, 6) is -5.39. The first-order valence-corrected chi connectivity index (χ1v) is 10.4. The monoisotopic (exact) mass is 438 g/mol. The molecule has 3 aliphatic carbocycles. The lowest BCUT2D eigenvalue weighted by molar-refractivity contribution is -0.170. The van der Waals surface area contributed by atoms with E-state index in [1.54, 1.807) is 0 Å². The van der Waals surface area contributed by atoms with Crippen LogP contribution in [-0.2, 0) is 19.0 Å². The van der Waals surface area contributed by atoms with Crippen LogP contribution in [0.25, 0.3) is 0 Å². The third kappa shape index (κ3) is 4.42. The van der Waals surface area contributed by atoms with Crippen molar-refractivity contribution in [2.75, 3.05) is 13.4 Å². The summed E-state index contributed by atoms with van der Waals surface area (Å²) in [7, 11) is 0. The van der Waals surface area contributed by atoms with Crippen LogP contribution in [0.15, 0.2) is 24.3 Å². The molecule has 3 aliphatic rings. The van der Waals surface area contributed by atoms with E-state index in [0.29, 0.717) is 5.92 Å². The molecule has 0 aliphatic heterocycles. The van der Waals surface area contributed by atoms with E-state index in [2.05, 4.69) is 4.74 Å². The average molecular weight is 438 g/mol. The maximum absolute atomic E-state index is 13.0. The minimum absolute atomic E-state index is 0.0953. The summed E-state index contributed by atoms with van der Waals surface area (Å²) in [6.07, 6.45) is 6.28. The van der Waals surface area contributed by atoms with Gasteiger partial charge in [-0.05, 0) is 73.6 Å². The standard InChI is InChI=1S/C22H24F2O7/c23-22(24,21(27)28)10-29-19(25)12-4-6-13(7-5-12)20(26)31-11-30-18-9-14-8-17(18)16-3-1-2-15(14)16/h4-7,14-18H,1-3,8-11H2,(H,27,28). The number of fused-ring (bicyclic) bond motifs is 5. The number of halogens is 2. The summed E-state index contributed by atoms with van der Waals surface area (Å²) in [4.78, 5) is 34.3. The predicted octanol–water partition coefficient (Wildman–Crippen LogP) is 3.52. The summed E-state index contributed by atoms with van der Waals surface area (Å²) < 4.78 is 41.3. The lowest BCUT2D eigenvalue weighted by atomic mass is 9.80. The van der Waals surface area contributed by atoms with E-state index in [1.165, 1.54) is 49.9 Å². The molecule has 0 saturated heterocycles. The minimum Gasteiger partial charge on any atom is -0.477 e. The second kappa shape index (κ2) is 8.53. The number of carboxylic acid groups (broad SMARTS) is 1. The molecule has 2 bridgehead atoms. The molecule has 0 heterocycles. The number of carbonyl (C=O) groups is 3. The summed E-state index contributed by atoms with van der Waals surface area (Å²) in [6.45, 7) is -1.72. The summed E-state index contributed by atoms with van der Waals surface area (Å²) >= 11 is 0. The zero-order chi connectivity index (χ0) is 22.2. The molecule has 9 heteroatoms. The third-order valence-electron chi connectivity index (χ3n) is 6.89. The smallest absolute Gasteiger partial charge is 0.378 e. The van der Waals surface area contributed by atoms with Crippen molar-refractivity contribution in [3.05, 3.63) is 35.4 Å². The van der Waals surface area contributed by atoms with E-state index in [4.69, 9.17) is 14.6 Å². The highest BCUT2D eigenvalue weighted by atomic mass is 19.3. The topological polar surface area (TPSA) is 99.1 Å². The van der Waals surface area contributed by atoms with Gasteiger partial charge in [-0.25, -0.2) is 14.4 Å². The summed E-state index contributed by atoms with van der Waals surface area (Å²) in [5, 5.41) is 8.33. The Labute approximate surface area is 177 Å². The predicted molar refractivity (Wildman–Crippen MR) is 102 cm³/mol. The van der Waals surface area contributed by atoms with Crippen molar-refractivity contribution in [1.29, 1.82) is 0 Å². The van der Waals surface area contributed by atoms with Crippen LogP contribution in [0.4, 0.5) is 8.78 Å². The van der Waals surface area contributed by atoms with Crippen LogP contribution in [0, 0.1) is 23.7 Å². The van der Waals surface area contributed by atoms with Gasteiger partial charge >= 0.3 is 23.8 Å². The van der Waals surface area contributed by atoms with Crippen LogP contribution in [0.3, 0.4) is 0 Å². The van der Waals surface area contributed by atoms with E-state index in [-0.39, 0.29) is 24.0 Å². The van der Waals surface area contributed by atoms with Gasteiger partial charge in [-0.15, -0.1) is 0 Å². The lowest BCUT2D eigenvalue weighted by Crippen LogP contribution is -2.34. The highest BCUT2D eigenvalue weighted by Gasteiger charge is 2.54. The Bertz CT molecular complexity index is 854. The second-order valence-corrected chi connectivity index (χ2v) is 8.57. The zero-order valence-corrected chi connectivity index (χ0v) is 16.8. The SMILES string of the molecule is O=C(OCOC1CC2CC1C1CCCC21)c1ccc(C(=O)OCC(F)(F)C(=O)O)cc1. The van der Waals surface area contributed by atoms with Crippen molar-refractivity contribution in [2.45, 2.75) is 44.1 Å². The Balaban J connectivity index is 1.22. The van der Waals surface area contributed by atoms with Crippen LogP contribution >= 0.6 is 0 Å². The number of hydrogen-bond donors (Lipinski definition) is 1. The molecule has 0 amide bonds. The van der Waals surface area contributed by atoms with E-state index >= 15 is 0 Å². The van der Waals surface area contributed by atoms with E-state index < -0.39 is 30.4 Å². The highest BCUT2D eigenvalue weighted by Crippen LogP contribution is 2.59. The Hall–Kier alpha value is -2.55. The number of aliphatic carboxylic acids is 1. The summed E-state index contributed by atoms with van der Waals surface area (Å²) in [6, 6.07) is 5.04. The number of carboxylic acids is 1. The number of hydrogen-bond acceptors (Lipinski definition) is 6. The molecular weight excluding hydrogens is 414 g/mol. The highest BCUT2D eigenvalue weighted by molar-refractivity contribution is 5.93. The van der Waals surface area contributed by atoms with Gasteiger partial charge in [0.1, 0.15) is 0 Å². The normalized spacial score (nSPS) is 28.9. The number of rotatable bonds is 8. The third-order valence-corrected chi connectivity index (χ3v) is 6.89. The van der Waals surface area contributed by atoms with Crippen molar-refractivity contribution in [1.82, 2.24) is 0 Å². The molecule has 1 aromatic rings. The van der Waals surface area contributed by atoms with E-state index in [1.807, 2.05) is 0 Å². The van der Waals surface area contributed by atoms with Gasteiger partial charge in [-0.1, -0.05) is 6.42 Å². The van der Waals surface area contributed by atoms with Crippen LogP contribution in [0.5, 0.6) is 0 Å². The molecule has 5 atom stereocenters. The van der Waals surface area contributed by atoms with Gasteiger partial charge in [0.15, 0.2) is 13.4 Å². The van der Waals surface area contributed by atoms with Gasteiger partial charge < -0.3 is 19.3 Å². The van der Waals surface area contributed by atoms with Gasteiger partial charge in [0.2, 0.25) is 0 Å². The largest absolute Gasteiger partial charge is 0.477 e. The number of benzene rings is 1. The van der Waals surface area contributed by atoms with Gasteiger partial charge in [-0.2, -0.15) is 8.78 Å². The molecule has 4 rings (SSSR count). The number of carbonyl (C=O) groups excluding carboxylic acids is 2. The van der Waals surface area contributed by atoms with Gasteiger partial charge in [-0.3, -0.25) is 0 Å². The minimum atomic E-state index is -4.17. The Morgan fingerprint density at radius 3 is 2.19 bits per heavy atom. The van der Waals surface area contributed by atoms with Crippen LogP contribution in [0.2, 0.25) is 0 Å². The quantitative estimate of drug-likeness (QED) is 0.490. The molecule has 3 fully saturated rings. The lowest BCUT2D eigenvalue weighted by Gasteiger charge is -2.31. The van der Waals surface area contributed by atoms with Crippen LogP contribution in [-0.4, -0.2) is 48.4 Å². The molecule has 7 nitrogen and oxygen atoms in total. The molecule has 0 aromatic heterocycles. The Kier molecular flexibility index (Phi) is 5.96. The molecule has 0 spiro atoms. The second-order valence-electron chi connectivity index (χ2n) is 8.57. The Morgan fingerprint density at radius 1 is 0.935 bits per heavy atom. The van der Waals surface area contributed by atoms with E-state index in [9.17, 15) is 23.2 Å². The van der Waals surface area contributed by atoms with Crippen molar-refractivity contribution in [3.8, 4) is 0 Å². The van der Waals surface area contributed by atoms with Gasteiger partial charge in [0, 0.05) is 0 Å². The van der Waals surface area contributed by atoms with Gasteiger partial charge in [0.25, 0.3) is 0 Å². The number of esters is 2. The van der Waals surface area contributed by atoms with Crippen molar-refractivity contribution in [3.63, 3.8) is 0 Å². The first-order valence-electron chi connectivity index (χ1n) is 10.4. The molecule has 1 N–H and O–H groups in total. The molecule has 168 valence electrons. The first kappa shape index (κ1) is 21.7.